The summed E-state index contributed by atoms with van der Waals surface area (Å²) in [6.07, 6.45) is 2.45. The molecule has 0 saturated carbocycles. The normalized spacial score (nSPS) is 16.4. The van der Waals surface area contributed by atoms with Crippen molar-refractivity contribution in [1.82, 2.24) is 15.0 Å². The molecule has 2 aromatic carbocycles. The highest BCUT2D eigenvalue weighted by Crippen LogP contribution is 2.40. The van der Waals surface area contributed by atoms with E-state index < -0.39 is 0 Å². The van der Waals surface area contributed by atoms with E-state index in [1.807, 2.05) is 18.2 Å². The summed E-state index contributed by atoms with van der Waals surface area (Å²) in [7, 11) is 0. The molecule has 28 heavy (non-hydrogen) atoms. The minimum absolute atomic E-state index is 0.186. The number of benzene rings is 2. The van der Waals surface area contributed by atoms with Gasteiger partial charge in [-0.15, -0.1) is 0 Å². The summed E-state index contributed by atoms with van der Waals surface area (Å²) in [5.74, 6) is 0.276. The van der Waals surface area contributed by atoms with Crippen LogP contribution in [0.4, 0.5) is 10.3 Å². The highest BCUT2D eigenvalue weighted by molar-refractivity contribution is 6.31. The van der Waals surface area contributed by atoms with Gasteiger partial charge in [0.25, 0.3) is 0 Å². The molecule has 1 aliphatic rings. The zero-order chi connectivity index (χ0) is 19.3. The number of H-pyrrole nitrogens is 1. The molecule has 1 aliphatic heterocycles. The van der Waals surface area contributed by atoms with E-state index in [4.69, 9.17) is 23.2 Å². The molecule has 7 heteroatoms. The number of halogens is 3. The van der Waals surface area contributed by atoms with E-state index in [2.05, 4.69) is 19.9 Å². The van der Waals surface area contributed by atoms with E-state index in [-0.39, 0.29) is 11.9 Å². The van der Waals surface area contributed by atoms with Crippen LogP contribution in [-0.4, -0.2) is 21.5 Å². The lowest BCUT2D eigenvalue weighted by Crippen LogP contribution is -2.37. The second-order valence-corrected chi connectivity index (χ2v) is 7.61. The predicted octanol–water partition coefficient (Wildman–Crippen LogP) is 5.56. The Morgan fingerprint density at radius 1 is 1.07 bits per heavy atom. The van der Waals surface area contributed by atoms with Crippen molar-refractivity contribution >= 4 is 40.1 Å². The molecule has 0 radical (unpaired) electrons. The number of fused-ring (bicyclic) bond motifs is 3. The van der Waals surface area contributed by atoms with Crippen LogP contribution in [0.3, 0.4) is 0 Å². The molecule has 4 aromatic rings. The molecule has 0 aliphatic carbocycles. The highest BCUT2D eigenvalue weighted by Gasteiger charge is 2.33. The van der Waals surface area contributed by atoms with Gasteiger partial charge in [0.2, 0.25) is 5.95 Å². The summed E-state index contributed by atoms with van der Waals surface area (Å²) in [4.78, 5) is 14.5. The minimum Gasteiger partial charge on any atom is -0.356 e. The standard InChI is InChI=1S/C21H15Cl2FN4/c22-13-3-6-17-16(11-13)15-8-10-28(21-25-9-7-18(23)27-21)20(19(15)26-17)12-1-4-14(24)5-2-12/h1-7,9,11,20,26H,8,10H2. The Bertz CT molecular complexity index is 1170. The van der Waals surface area contributed by atoms with Gasteiger partial charge in [-0.05, 0) is 53.9 Å². The van der Waals surface area contributed by atoms with Gasteiger partial charge in [0.15, 0.2) is 0 Å². The molecule has 2 aromatic heterocycles. The molecular formula is C21H15Cl2FN4. The van der Waals surface area contributed by atoms with E-state index >= 15 is 0 Å². The number of nitrogens with zero attached hydrogens (tertiary/aromatic N) is 3. The fraction of sp³-hybridized carbons (Fsp3) is 0.143. The number of hydrogen-bond acceptors (Lipinski definition) is 3. The third-order valence-electron chi connectivity index (χ3n) is 5.14. The maximum Gasteiger partial charge on any atom is 0.227 e. The van der Waals surface area contributed by atoms with Crippen LogP contribution in [0.5, 0.6) is 0 Å². The molecule has 5 rings (SSSR count). The Labute approximate surface area is 170 Å². The summed E-state index contributed by atoms with van der Waals surface area (Å²) < 4.78 is 13.6. The summed E-state index contributed by atoms with van der Waals surface area (Å²) in [6.45, 7) is 0.703. The average Bonchev–Trinajstić information content (AvgIpc) is 3.06. The Kier molecular flexibility index (Phi) is 4.22. The first-order chi connectivity index (χ1) is 13.6. The smallest absolute Gasteiger partial charge is 0.227 e. The summed E-state index contributed by atoms with van der Waals surface area (Å²) in [5, 5.41) is 2.20. The van der Waals surface area contributed by atoms with Crippen LogP contribution in [0.1, 0.15) is 22.9 Å². The van der Waals surface area contributed by atoms with Crippen molar-refractivity contribution in [2.75, 3.05) is 11.4 Å². The second kappa shape index (κ2) is 6.76. The van der Waals surface area contributed by atoms with Crippen LogP contribution in [-0.2, 0) is 6.42 Å². The summed E-state index contributed by atoms with van der Waals surface area (Å²) >= 11 is 12.3. The van der Waals surface area contributed by atoms with Gasteiger partial charge in [-0.25, -0.2) is 14.4 Å². The van der Waals surface area contributed by atoms with Crippen molar-refractivity contribution in [1.29, 1.82) is 0 Å². The Morgan fingerprint density at radius 3 is 2.68 bits per heavy atom. The summed E-state index contributed by atoms with van der Waals surface area (Å²) in [5.41, 5.74) is 4.22. The first-order valence-electron chi connectivity index (χ1n) is 8.91. The first kappa shape index (κ1) is 17.5. The number of rotatable bonds is 2. The van der Waals surface area contributed by atoms with Gasteiger partial charge in [0, 0.05) is 34.4 Å². The topological polar surface area (TPSA) is 44.8 Å². The fourth-order valence-electron chi connectivity index (χ4n) is 3.93. The predicted molar refractivity (Wildman–Crippen MR) is 110 cm³/mol. The first-order valence-corrected chi connectivity index (χ1v) is 9.66. The van der Waals surface area contributed by atoms with Gasteiger partial charge < -0.3 is 9.88 Å². The molecule has 0 bridgehead atoms. The second-order valence-electron chi connectivity index (χ2n) is 6.78. The van der Waals surface area contributed by atoms with Crippen molar-refractivity contribution in [2.24, 2.45) is 0 Å². The van der Waals surface area contributed by atoms with Crippen LogP contribution < -0.4 is 4.90 Å². The SMILES string of the molecule is Fc1ccc(C2c3[nH]c4ccc(Cl)cc4c3CCN2c2nccc(Cl)n2)cc1. The number of aromatic nitrogens is 3. The highest BCUT2D eigenvalue weighted by atomic mass is 35.5. The van der Waals surface area contributed by atoms with Gasteiger partial charge in [0.05, 0.1) is 6.04 Å². The third kappa shape index (κ3) is 2.91. The molecule has 0 fully saturated rings. The van der Waals surface area contributed by atoms with Crippen molar-refractivity contribution in [3.8, 4) is 0 Å². The van der Waals surface area contributed by atoms with Crippen molar-refractivity contribution in [3.05, 3.63) is 87.5 Å². The number of anilines is 1. The maximum atomic E-state index is 13.6. The van der Waals surface area contributed by atoms with Crippen LogP contribution in [0.25, 0.3) is 10.9 Å². The lowest BCUT2D eigenvalue weighted by atomic mass is 9.92. The van der Waals surface area contributed by atoms with Crippen LogP contribution in [0.2, 0.25) is 10.2 Å². The molecule has 0 spiro atoms. The molecule has 1 N–H and O–H groups in total. The maximum absolute atomic E-state index is 13.6. The Balaban J connectivity index is 1.72. The Hall–Kier alpha value is -2.63. The van der Waals surface area contributed by atoms with E-state index in [1.165, 1.54) is 17.7 Å². The van der Waals surface area contributed by atoms with Gasteiger partial charge in [-0.1, -0.05) is 35.3 Å². The molecule has 0 saturated heterocycles. The lowest BCUT2D eigenvalue weighted by Gasteiger charge is -2.36. The largest absolute Gasteiger partial charge is 0.356 e. The Morgan fingerprint density at radius 2 is 1.89 bits per heavy atom. The van der Waals surface area contributed by atoms with Gasteiger partial charge >= 0.3 is 0 Å². The quantitative estimate of drug-likeness (QED) is 0.438. The molecule has 1 atom stereocenters. The molecule has 4 nitrogen and oxygen atoms in total. The molecule has 140 valence electrons. The van der Waals surface area contributed by atoms with Crippen molar-refractivity contribution in [3.63, 3.8) is 0 Å². The molecule has 1 unspecified atom stereocenters. The lowest BCUT2D eigenvalue weighted by molar-refractivity contribution is 0.613. The van der Waals surface area contributed by atoms with E-state index in [9.17, 15) is 4.39 Å². The molecule has 0 amide bonds. The van der Waals surface area contributed by atoms with E-state index in [1.54, 1.807) is 24.4 Å². The zero-order valence-corrected chi connectivity index (χ0v) is 16.2. The van der Waals surface area contributed by atoms with Crippen LogP contribution in [0.15, 0.2) is 54.7 Å². The average molecular weight is 413 g/mol. The molecule has 3 heterocycles. The van der Waals surface area contributed by atoms with E-state index in [0.29, 0.717) is 22.7 Å². The number of nitrogens with one attached hydrogen (secondary N) is 1. The monoisotopic (exact) mass is 412 g/mol. The molecular weight excluding hydrogens is 398 g/mol. The van der Waals surface area contributed by atoms with Gasteiger partial charge in [0.1, 0.15) is 11.0 Å². The van der Waals surface area contributed by atoms with Gasteiger partial charge in [-0.2, -0.15) is 0 Å². The van der Waals surface area contributed by atoms with Crippen LogP contribution >= 0.6 is 23.2 Å². The van der Waals surface area contributed by atoms with Gasteiger partial charge in [-0.3, -0.25) is 0 Å². The van der Waals surface area contributed by atoms with Crippen molar-refractivity contribution in [2.45, 2.75) is 12.5 Å². The zero-order valence-electron chi connectivity index (χ0n) is 14.7. The van der Waals surface area contributed by atoms with Crippen LogP contribution in [0, 0.1) is 5.82 Å². The number of aromatic amines is 1. The summed E-state index contributed by atoms with van der Waals surface area (Å²) in [6, 6.07) is 13.8. The third-order valence-corrected chi connectivity index (χ3v) is 5.59. The fourth-order valence-corrected chi connectivity index (χ4v) is 4.24. The number of hydrogen-bond donors (Lipinski definition) is 1. The minimum atomic E-state index is -0.270. The van der Waals surface area contributed by atoms with E-state index in [0.717, 1.165) is 28.6 Å². The van der Waals surface area contributed by atoms with Crippen molar-refractivity contribution < 1.29 is 4.39 Å².